The van der Waals surface area contributed by atoms with E-state index in [0.717, 1.165) is 0 Å². The fraction of sp³-hybridized carbons (Fsp3) is 0.667. The van der Waals surface area contributed by atoms with Gasteiger partial charge in [0.25, 0.3) is 0 Å². The molecule has 64 valence electrons. The highest BCUT2D eigenvalue weighted by atomic mass is 16.4. The molecule has 0 aromatic rings. The van der Waals surface area contributed by atoms with Gasteiger partial charge in [0.2, 0.25) is 0 Å². The molecule has 1 unspecified atom stereocenters. The fourth-order valence-corrected chi connectivity index (χ4v) is 0.381. The third-order valence-corrected chi connectivity index (χ3v) is 1.31. The molecule has 0 aliphatic rings. The molecule has 5 nitrogen and oxygen atoms in total. The lowest BCUT2D eigenvalue weighted by molar-refractivity contribution is -0.151. The van der Waals surface area contributed by atoms with Crippen LogP contribution in [0.3, 0.4) is 0 Å². The summed E-state index contributed by atoms with van der Waals surface area (Å²) in [6.07, 6.45) is -0.265. The summed E-state index contributed by atoms with van der Waals surface area (Å²) >= 11 is 0. The standard InChI is InChI=1S/C6H12N2O3/c1-4(8(2)3)7-5(9)6(10)11/h4H,1-3H3,(H,7,9)(H,10,11). The van der Waals surface area contributed by atoms with E-state index in [0.29, 0.717) is 0 Å². The van der Waals surface area contributed by atoms with Crippen LogP contribution in [-0.2, 0) is 9.59 Å². The van der Waals surface area contributed by atoms with Gasteiger partial charge in [0, 0.05) is 0 Å². The van der Waals surface area contributed by atoms with Crippen LogP contribution < -0.4 is 5.32 Å². The van der Waals surface area contributed by atoms with E-state index in [9.17, 15) is 9.59 Å². The lowest BCUT2D eigenvalue weighted by Gasteiger charge is -2.19. The van der Waals surface area contributed by atoms with E-state index in [-0.39, 0.29) is 6.17 Å². The van der Waals surface area contributed by atoms with Crippen molar-refractivity contribution in [2.24, 2.45) is 0 Å². The zero-order valence-electron chi connectivity index (χ0n) is 6.79. The van der Waals surface area contributed by atoms with Crippen molar-refractivity contribution in [3.05, 3.63) is 0 Å². The Balaban J connectivity index is 3.85. The Morgan fingerprint density at radius 2 is 1.91 bits per heavy atom. The van der Waals surface area contributed by atoms with Crippen LogP contribution in [0.2, 0.25) is 0 Å². The third kappa shape index (κ3) is 3.57. The Labute approximate surface area is 65.0 Å². The number of carboxylic acid groups (broad SMARTS) is 1. The molecule has 0 saturated heterocycles. The van der Waals surface area contributed by atoms with Gasteiger partial charge in [-0.1, -0.05) is 0 Å². The number of amides is 1. The van der Waals surface area contributed by atoms with E-state index in [4.69, 9.17) is 5.11 Å². The zero-order valence-corrected chi connectivity index (χ0v) is 6.79. The van der Waals surface area contributed by atoms with Crippen molar-refractivity contribution in [2.45, 2.75) is 13.1 Å². The Hall–Kier alpha value is -1.10. The number of nitrogens with zero attached hydrogens (tertiary/aromatic N) is 1. The largest absolute Gasteiger partial charge is 0.474 e. The van der Waals surface area contributed by atoms with Gasteiger partial charge >= 0.3 is 11.9 Å². The van der Waals surface area contributed by atoms with Gasteiger partial charge in [-0.2, -0.15) is 0 Å². The molecule has 2 N–H and O–H groups in total. The SMILES string of the molecule is CC(NC(=O)C(=O)O)N(C)C. The van der Waals surface area contributed by atoms with Crippen molar-refractivity contribution in [3.8, 4) is 0 Å². The number of hydrogen-bond donors (Lipinski definition) is 2. The molecule has 0 aliphatic heterocycles. The molecule has 0 rings (SSSR count). The first kappa shape index (κ1) is 9.90. The highest BCUT2D eigenvalue weighted by Crippen LogP contribution is 1.84. The van der Waals surface area contributed by atoms with E-state index < -0.39 is 11.9 Å². The number of carbonyl (C=O) groups is 2. The Bertz CT molecular complexity index is 167. The molecule has 0 fully saturated rings. The van der Waals surface area contributed by atoms with Crippen LogP contribution in [0.15, 0.2) is 0 Å². The van der Waals surface area contributed by atoms with Gasteiger partial charge in [-0.25, -0.2) is 4.79 Å². The summed E-state index contributed by atoms with van der Waals surface area (Å²) in [5.41, 5.74) is 0. The second-order valence-electron chi connectivity index (χ2n) is 2.42. The number of aliphatic carboxylic acids is 1. The van der Waals surface area contributed by atoms with Crippen molar-refractivity contribution < 1.29 is 14.7 Å². The molecule has 0 saturated carbocycles. The molecule has 0 bridgehead atoms. The van der Waals surface area contributed by atoms with Crippen LogP contribution in [-0.4, -0.2) is 42.1 Å². The molecule has 11 heavy (non-hydrogen) atoms. The van der Waals surface area contributed by atoms with Crippen molar-refractivity contribution in [1.82, 2.24) is 10.2 Å². The molecule has 0 aromatic carbocycles. The van der Waals surface area contributed by atoms with Gasteiger partial charge in [-0.3, -0.25) is 9.69 Å². The van der Waals surface area contributed by atoms with Gasteiger partial charge in [0.05, 0.1) is 6.17 Å². The van der Waals surface area contributed by atoms with Crippen molar-refractivity contribution in [3.63, 3.8) is 0 Å². The topological polar surface area (TPSA) is 69.6 Å². The maximum atomic E-state index is 10.5. The number of carboxylic acids is 1. The first-order valence-corrected chi connectivity index (χ1v) is 3.15. The summed E-state index contributed by atoms with van der Waals surface area (Å²) in [5.74, 6) is -2.44. The van der Waals surface area contributed by atoms with Crippen molar-refractivity contribution in [1.29, 1.82) is 0 Å². The van der Waals surface area contributed by atoms with Crippen LogP contribution in [0.5, 0.6) is 0 Å². The molecular weight excluding hydrogens is 148 g/mol. The van der Waals surface area contributed by atoms with E-state index in [1.54, 1.807) is 25.9 Å². The quantitative estimate of drug-likeness (QED) is 0.405. The summed E-state index contributed by atoms with van der Waals surface area (Å²) in [7, 11) is 3.49. The van der Waals surface area contributed by atoms with Crippen LogP contribution >= 0.6 is 0 Å². The number of nitrogens with one attached hydrogen (secondary N) is 1. The summed E-state index contributed by atoms with van der Waals surface area (Å²) in [6, 6.07) is 0. The monoisotopic (exact) mass is 160 g/mol. The molecule has 0 aromatic heterocycles. The number of carbonyl (C=O) groups excluding carboxylic acids is 1. The molecule has 5 heteroatoms. The maximum Gasteiger partial charge on any atom is 0.394 e. The lowest BCUT2D eigenvalue weighted by Crippen LogP contribution is -2.45. The Kier molecular flexibility index (Phi) is 3.53. The molecule has 0 heterocycles. The smallest absolute Gasteiger partial charge is 0.394 e. The average Bonchev–Trinajstić information content (AvgIpc) is 1.87. The first-order valence-electron chi connectivity index (χ1n) is 3.15. The fourth-order valence-electron chi connectivity index (χ4n) is 0.381. The van der Waals surface area contributed by atoms with Crippen LogP contribution in [0.4, 0.5) is 0 Å². The van der Waals surface area contributed by atoms with E-state index >= 15 is 0 Å². The Morgan fingerprint density at radius 3 is 2.18 bits per heavy atom. The molecule has 0 radical (unpaired) electrons. The maximum absolute atomic E-state index is 10.5. The summed E-state index contributed by atoms with van der Waals surface area (Å²) in [5, 5.41) is 10.4. The van der Waals surface area contributed by atoms with Crippen LogP contribution in [0, 0.1) is 0 Å². The summed E-state index contributed by atoms with van der Waals surface area (Å²) in [4.78, 5) is 22.2. The lowest BCUT2D eigenvalue weighted by atomic mass is 10.5. The van der Waals surface area contributed by atoms with Gasteiger partial charge in [-0.05, 0) is 21.0 Å². The zero-order chi connectivity index (χ0) is 9.02. The van der Waals surface area contributed by atoms with E-state index in [1.165, 1.54) is 0 Å². The van der Waals surface area contributed by atoms with Gasteiger partial charge in [0.15, 0.2) is 0 Å². The number of rotatable bonds is 2. The summed E-state index contributed by atoms with van der Waals surface area (Å²) in [6.45, 7) is 1.70. The second-order valence-corrected chi connectivity index (χ2v) is 2.42. The van der Waals surface area contributed by atoms with Crippen molar-refractivity contribution >= 4 is 11.9 Å². The minimum absolute atomic E-state index is 0.265. The predicted molar refractivity (Wildman–Crippen MR) is 38.9 cm³/mol. The van der Waals surface area contributed by atoms with Crippen LogP contribution in [0.25, 0.3) is 0 Å². The molecule has 1 amide bonds. The van der Waals surface area contributed by atoms with Gasteiger partial charge in [0.1, 0.15) is 0 Å². The molecule has 0 aliphatic carbocycles. The average molecular weight is 160 g/mol. The van der Waals surface area contributed by atoms with Crippen molar-refractivity contribution in [2.75, 3.05) is 14.1 Å². The minimum atomic E-state index is -1.46. The Morgan fingerprint density at radius 1 is 1.45 bits per heavy atom. The number of hydrogen-bond acceptors (Lipinski definition) is 3. The predicted octanol–water partition coefficient (Wildman–Crippen LogP) is -0.905. The first-order chi connectivity index (χ1) is 4.95. The highest BCUT2D eigenvalue weighted by Gasteiger charge is 2.14. The van der Waals surface area contributed by atoms with Gasteiger partial charge < -0.3 is 10.4 Å². The molecule has 1 atom stereocenters. The molecule has 0 spiro atoms. The van der Waals surface area contributed by atoms with E-state index in [1.807, 2.05) is 0 Å². The summed E-state index contributed by atoms with van der Waals surface area (Å²) < 4.78 is 0. The van der Waals surface area contributed by atoms with E-state index in [2.05, 4.69) is 5.32 Å². The van der Waals surface area contributed by atoms with Gasteiger partial charge in [-0.15, -0.1) is 0 Å². The molecular formula is C6H12N2O3. The second kappa shape index (κ2) is 3.92. The third-order valence-electron chi connectivity index (χ3n) is 1.31. The van der Waals surface area contributed by atoms with Crippen LogP contribution in [0.1, 0.15) is 6.92 Å². The minimum Gasteiger partial charge on any atom is -0.474 e. The highest BCUT2D eigenvalue weighted by molar-refractivity contribution is 6.31. The normalized spacial score (nSPS) is 12.7.